The van der Waals surface area contributed by atoms with Crippen molar-refractivity contribution in [1.82, 2.24) is 15.2 Å². The van der Waals surface area contributed by atoms with Crippen molar-refractivity contribution in [2.24, 2.45) is 0 Å². The normalized spacial score (nSPS) is 11.1. The third kappa shape index (κ3) is 4.40. The fraction of sp³-hybridized carbons (Fsp3) is 0.375. The Morgan fingerprint density at radius 2 is 2.00 bits per heavy atom. The van der Waals surface area contributed by atoms with Gasteiger partial charge in [0.1, 0.15) is 0 Å². The van der Waals surface area contributed by atoms with Crippen LogP contribution in [0.2, 0.25) is 5.02 Å². The van der Waals surface area contributed by atoms with Crippen molar-refractivity contribution in [1.29, 1.82) is 0 Å². The molecule has 0 atom stereocenters. The fourth-order valence-electron chi connectivity index (χ4n) is 2.12. The molecule has 0 aliphatic rings. The van der Waals surface area contributed by atoms with Crippen molar-refractivity contribution in [2.45, 2.75) is 13.5 Å². The van der Waals surface area contributed by atoms with Crippen LogP contribution in [0.5, 0.6) is 0 Å². The molecule has 0 bridgehead atoms. The second-order valence-electron chi connectivity index (χ2n) is 5.46. The molecule has 0 aliphatic carbocycles. The van der Waals surface area contributed by atoms with Crippen LogP contribution in [-0.2, 0) is 11.3 Å². The minimum Gasteiger partial charge on any atom is -0.323 e. The molecular weight excluding hydrogens is 300 g/mol. The second kappa shape index (κ2) is 7.54. The van der Waals surface area contributed by atoms with Gasteiger partial charge in [-0.1, -0.05) is 23.7 Å². The van der Waals surface area contributed by atoms with E-state index in [2.05, 4.69) is 20.5 Å². The molecule has 118 valence electrons. The predicted molar refractivity (Wildman–Crippen MR) is 91.3 cm³/mol. The van der Waals surface area contributed by atoms with Gasteiger partial charge in [-0.3, -0.25) is 4.79 Å². The van der Waals surface area contributed by atoms with Gasteiger partial charge in [-0.25, -0.2) is 4.98 Å². The average molecular weight is 321 g/mol. The number of aromatic nitrogens is 1. The Morgan fingerprint density at radius 3 is 2.68 bits per heavy atom. The lowest BCUT2D eigenvalue weighted by Gasteiger charge is -2.12. The minimum atomic E-state index is -0.161. The third-order valence-corrected chi connectivity index (χ3v) is 3.53. The van der Waals surface area contributed by atoms with E-state index in [1.165, 1.54) is 6.92 Å². The predicted octanol–water partition coefficient (Wildman–Crippen LogP) is 2.50. The lowest BCUT2D eigenvalue weighted by atomic mass is 10.1. The Balaban J connectivity index is 2.22. The van der Waals surface area contributed by atoms with Gasteiger partial charge in [0.25, 0.3) is 0 Å². The Labute approximate surface area is 135 Å². The number of hydrogen-bond acceptors (Lipinski definition) is 4. The number of anilines is 1. The Morgan fingerprint density at radius 1 is 1.27 bits per heavy atom. The largest absolute Gasteiger partial charge is 0.323 e. The summed E-state index contributed by atoms with van der Waals surface area (Å²) in [6.07, 6.45) is 0. The summed E-state index contributed by atoms with van der Waals surface area (Å²) < 4.78 is 0. The first-order chi connectivity index (χ1) is 10.5. The number of halogens is 1. The van der Waals surface area contributed by atoms with Crippen LogP contribution in [0.3, 0.4) is 0 Å². The van der Waals surface area contributed by atoms with Crippen LogP contribution >= 0.6 is 11.6 Å². The van der Waals surface area contributed by atoms with Crippen LogP contribution < -0.4 is 10.6 Å². The summed E-state index contributed by atoms with van der Waals surface area (Å²) in [5.41, 5.74) is 2.21. The highest BCUT2D eigenvalue weighted by Crippen LogP contribution is 2.30. The number of hydrogen-bond donors (Lipinski definition) is 2. The Hall–Kier alpha value is -1.69. The number of amides is 1. The van der Waals surface area contributed by atoms with Crippen molar-refractivity contribution in [2.75, 3.05) is 32.5 Å². The summed E-state index contributed by atoms with van der Waals surface area (Å²) in [5, 5.41) is 7.56. The molecule has 0 fully saturated rings. The minimum absolute atomic E-state index is 0.161. The van der Waals surface area contributed by atoms with Crippen LogP contribution in [-0.4, -0.2) is 43.0 Å². The molecule has 2 N–H and O–H groups in total. The highest BCUT2D eigenvalue weighted by Gasteiger charge is 2.10. The summed E-state index contributed by atoms with van der Waals surface area (Å²) >= 11 is 6.19. The van der Waals surface area contributed by atoms with Gasteiger partial charge in [-0.05, 0) is 26.2 Å². The number of pyridine rings is 1. The van der Waals surface area contributed by atoms with E-state index in [1.807, 2.05) is 32.3 Å². The van der Waals surface area contributed by atoms with E-state index < -0.39 is 0 Å². The van der Waals surface area contributed by atoms with Gasteiger partial charge in [0, 0.05) is 31.9 Å². The monoisotopic (exact) mass is 320 g/mol. The number of benzene rings is 1. The lowest BCUT2D eigenvalue weighted by Crippen LogP contribution is -2.26. The highest BCUT2D eigenvalue weighted by atomic mass is 35.5. The van der Waals surface area contributed by atoms with Crippen molar-refractivity contribution in [3.05, 3.63) is 35.0 Å². The Bertz CT molecular complexity index is 672. The molecule has 0 saturated heterocycles. The number of rotatable bonds is 6. The van der Waals surface area contributed by atoms with Gasteiger partial charge in [-0.15, -0.1) is 0 Å². The van der Waals surface area contributed by atoms with Gasteiger partial charge >= 0.3 is 0 Å². The number of nitrogens with zero attached hydrogens (tertiary/aromatic N) is 2. The number of fused-ring (bicyclic) bond motifs is 1. The van der Waals surface area contributed by atoms with E-state index in [0.29, 0.717) is 17.3 Å². The summed E-state index contributed by atoms with van der Waals surface area (Å²) in [6, 6.07) is 7.65. The van der Waals surface area contributed by atoms with Gasteiger partial charge in [0.05, 0.1) is 21.9 Å². The van der Waals surface area contributed by atoms with Crippen LogP contribution in [0, 0.1) is 0 Å². The molecular formula is C16H21ClN4O. The highest BCUT2D eigenvalue weighted by molar-refractivity contribution is 6.35. The van der Waals surface area contributed by atoms with E-state index in [-0.39, 0.29) is 5.91 Å². The molecule has 1 heterocycles. The summed E-state index contributed by atoms with van der Waals surface area (Å²) in [4.78, 5) is 18.1. The lowest BCUT2D eigenvalue weighted by molar-refractivity contribution is -0.114. The fourth-order valence-corrected chi connectivity index (χ4v) is 2.32. The van der Waals surface area contributed by atoms with E-state index in [0.717, 1.165) is 29.7 Å². The maximum Gasteiger partial charge on any atom is 0.221 e. The zero-order valence-corrected chi connectivity index (χ0v) is 13.9. The SMILES string of the molecule is CC(=O)Nc1c(Cl)ccc2ccc(CNCCN(C)C)nc12. The first kappa shape index (κ1) is 16.7. The molecule has 22 heavy (non-hydrogen) atoms. The molecule has 2 aromatic rings. The molecule has 1 aromatic carbocycles. The van der Waals surface area contributed by atoms with E-state index in [1.54, 1.807) is 6.07 Å². The van der Waals surface area contributed by atoms with Crippen LogP contribution in [0.25, 0.3) is 10.9 Å². The number of nitrogens with one attached hydrogen (secondary N) is 2. The van der Waals surface area contributed by atoms with Gasteiger partial charge < -0.3 is 15.5 Å². The van der Waals surface area contributed by atoms with E-state index >= 15 is 0 Å². The van der Waals surface area contributed by atoms with Crippen LogP contribution in [0.4, 0.5) is 5.69 Å². The van der Waals surface area contributed by atoms with Gasteiger partial charge in [-0.2, -0.15) is 0 Å². The van der Waals surface area contributed by atoms with E-state index in [4.69, 9.17) is 11.6 Å². The summed E-state index contributed by atoms with van der Waals surface area (Å²) in [6.45, 7) is 4.00. The molecule has 1 aromatic heterocycles. The molecule has 1 amide bonds. The second-order valence-corrected chi connectivity index (χ2v) is 5.87. The van der Waals surface area contributed by atoms with Gasteiger partial charge in [0.15, 0.2) is 0 Å². The molecule has 0 saturated carbocycles. The molecule has 0 spiro atoms. The zero-order chi connectivity index (χ0) is 16.1. The van der Waals surface area contributed by atoms with Crippen LogP contribution in [0.15, 0.2) is 24.3 Å². The third-order valence-electron chi connectivity index (χ3n) is 3.21. The van der Waals surface area contributed by atoms with Crippen molar-refractivity contribution in [3.8, 4) is 0 Å². The smallest absolute Gasteiger partial charge is 0.221 e. The maximum absolute atomic E-state index is 11.4. The molecule has 0 unspecified atom stereocenters. The number of likely N-dealkylation sites (N-methyl/N-ethyl adjacent to an activating group) is 1. The standard InChI is InChI=1S/C16H21ClN4O/c1-11(22)19-16-14(17)7-5-12-4-6-13(20-15(12)16)10-18-8-9-21(2)3/h4-7,18H,8-10H2,1-3H3,(H,19,22). The number of carbonyl (C=O) groups is 1. The number of carbonyl (C=O) groups excluding carboxylic acids is 1. The molecule has 6 heteroatoms. The van der Waals surface area contributed by atoms with Crippen LogP contribution in [0.1, 0.15) is 12.6 Å². The first-order valence-corrected chi connectivity index (χ1v) is 7.56. The van der Waals surface area contributed by atoms with Gasteiger partial charge in [0.2, 0.25) is 5.91 Å². The van der Waals surface area contributed by atoms with Crippen molar-refractivity contribution in [3.63, 3.8) is 0 Å². The molecule has 2 rings (SSSR count). The van der Waals surface area contributed by atoms with Crippen molar-refractivity contribution >= 4 is 34.1 Å². The zero-order valence-electron chi connectivity index (χ0n) is 13.1. The summed E-state index contributed by atoms with van der Waals surface area (Å²) in [7, 11) is 4.08. The average Bonchev–Trinajstić information content (AvgIpc) is 2.46. The van der Waals surface area contributed by atoms with Crippen molar-refractivity contribution < 1.29 is 4.79 Å². The summed E-state index contributed by atoms with van der Waals surface area (Å²) in [5.74, 6) is -0.161. The molecule has 0 aliphatic heterocycles. The Kier molecular flexibility index (Phi) is 5.71. The molecule has 5 nitrogen and oxygen atoms in total. The first-order valence-electron chi connectivity index (χ1n) is 7.18. The van der Waals surface area contributed by atoms with E-state index in [9.17, 15) is 4.79 Å². The molecule has 0 radical (unpaired) electrons. The topological polar surface area (TPSA) is 57.3 Å². The quantitative estimate of drug-likeness (QED) is 0.803. The maximum atomic E-state index is 11.4.